The van der Waals surface area contributed by atoms with Crippen molar-refractivity contribution >= 4 is 27.4 Å². The zero-order valence-corrected chi connectivity index (χ0v) is 11.0. The van der Waals surface area contributed by atoms with Crippen molar-refractivity contribution in [1.82, 2.24) is 4.98 Å². The first-order valence-electron chi connectivity index (χ1n) is 5.17. The highest BCUT2D eigenvalue weighted by molar-refractivity contribution is 9.10. The molecule has 0 aliphatic carbocycles. The van der Waals surface area contributed by atoms with E-state index in [0.717, 1.165) is 4.47 Å². The zero-order chi connectivity index (χ0) is 13.9. The van der Waals surface area contributed by atoms with Gasteiger partial charge in [-0.3, -0.25) is 0 Å². The van der Waals surface area contributed by atoms with Crippen LogP contribution >= 0.6 is 15.9 Å². The van der Waals surface area contributed by atoms with Gasteiger partial charge >= 0.3 is 6.36 Å². The largest absolute Gasteiger partial charge is 0.573 e. The molecule has 0 amide bonds. The number of hydrogen-bond acceptors (Lipinski definition) is 3. The van der Waals surface area contributed by atoms with Crippen molar-refractivity contribution in [3.63, 3.8) is 0 Å². The molecule has 1 aromatic heterocycles. The van der Waals surface area contributed by atoms with E-state index < -0.39 is 6.36 Å². The summed E-state index contributed by atoms with van der Waals surface area (Å²) >= 11 is 3.24. The predicted octanol–water partition coefficient (Wildman–Crippen LogP) is 4.49. The molecule has 0 fully saturated rings. The Bertz CT molecular complexity index is 558. The average Bonchev–Trinajstić information content (AvgIpc) is 2.30. The van der Waals surface area contributed by atoms with E-state index >= 15 is 0 Å². The van der Waals surface area contributed by atoms with Crippen LogP contribution in [0.5, 0.6) is 5.75 Å². The van der Waals surface area contributed by atoms with Gasteiger partial charge in [-0.05, 0) is 40.2 Å². The van der Waals surface area contributed by atoms with Crippen molar-refractivity contribution in [1.29, 1.82) is 0 Å². The van der Waals surface area contributed by atoms with Gasteiger partial charge in [0.1, 0.15) is 11.6 Å². The Morgan fingerprint density at radius 1 is 1.16 bits per heavy atom. The summed E-state index contributed by atoms with van der Waals surface area (Å²) in [5.41, 5.74) is 0.455. The molecule has 3 nitrogen and oxygen atoms in total. The van der Waals surface area contributed by atoms with E-state index in [2.05, 4.69) is 31.0 Å². The van der Waals surface area contributed by atoms with Gasteiger partial charge in [0.05, 0.1) is 0 Å². The van der Waals surface area contributed by atoms with E-state index in [1.807, 2.05) is 0 Å². The van der Waals surface area contributed by atoms with Crippen LogP contribution in [0.25, 0.3) is 0 Å². The van der Waals surface area contributed by atoms with Gasteiger partial charge in [0.15, 0.2) is 0 Å². The zero-order valence-electron chi connectivity index (χ0n) is 9.41. The van der Waals surface area contributed by atoms with Crippen molar-refractivity contribution in [2.24, 2.45) is 0 Å². The van der Waals surface area contributed by atoms with E-state index in [1.165, 1.54) is 18.2 Å². The molecule has 0 atom stereocenters. The lowest BCUT2D eigenvalue weighted by Crippen LogP contribution is -2.17. The van der Waals surface area contributed by atoms with Crippen LogP contribution < -0.4 is 10.1 Å². The lowest BCUT2D eigenvalue weighted by atomic mass is 10.3. The van der Waals surface area contributed by atoms with Gasteiger partial charge in [0.25, 0.3) is 0 Å². The summed E-state index contributed by atoms with van der Waals surface area (Å²) in [6.07, 6.45) is -3.12. The topological polar surface area (TPSA) is 34.1 Å². The van der Waals surface area contributed by atoms with Crippen LogP contribution in [0, 0.1) is 0 Å². The second kappa shape index (κ2) is 5.48. The molecule has 1 N–H and O–H groups in total. The normalized spacial score (nSPS) is 11.2. The minimum atomic E-state index is -4.70. The van der Waals surface area contributed by atoms with Crippen molar-refractivity contribution in [3.8, 4) is 5.75 Å². The van der Waals surface area contributed by atoms with E-state index in [4.69, 9.17) is 0 Å². The summed E-state index contributed by atoms with van der Waals surface area (Å²) in [5.74, 6) is 0.238. The summed E-state index contributed by atoms with van der Waals surface area (Å²) < 4.78 is 40.9. The Labute approximate surface area is 115 Å². The lowest BCUT2D eigenvalue weighted by Gasteiger charge is -2.10. The fourth-order valence-corrected chi connectivity index (χ4v) is 1.60. The molecule has 19 heavy (non-hydrogen) atoms. The molecule has 0 aliphatic rings. The molecule has 0 spiro atoms. The molecular weight excluding hydrogens is 325 g/mol. The van der Waals surface area contributed by atoms with Crippen LogP contribution in [0.1, 0.15) is 0 Å². The van der Waals surface area contributed by atoms with Gasteiger partial charge in [-0.15, -0.1) is 13.2 Å². The molecule has 100 valence electrons. The van der Waals surface area contributed by atoms with Gasteiger partial charge in [-0.2, -0.15) is 0 Å². The Morgan fingerprint density at radius 3 is 2.58 bits per heavy atom. The van der Waals surface area contributed by atoms with Crippen molar-refractivity contribution < 1.29 is 17.9 Å². The number of ether oxygens (including phenoxy) is 1. The number of pyridine rings is 1. The number of anilines is 2. The van der Waals surface area contributed by atoms with Crippen molar-refractivity contribution in [2.75, 3.05) is 5.32 Å². The third kappa shape index (κ3) is 4.44. The molecule has 1 heterocycles. The highest BCUT2D eigenvalue weighted by Gasteiger charge is 2.31. The van der Waals surface area contributed by atoms with Crippen LogP contribution in [-0.4, -0.2) is 11.3 Å². The first-order chi connectivity index (χ1) is 8.92. The number of hydrogen-bond donors (Lipinski definition) is 1. The first-order valence-corrected chi connectivity index (χ1v) is 5.96. The molecule has 0 unspecified atom stereocenters. The fraction of sp³-hybridized carbons (Fsp3) is 0.0833. The second-order valence-corrected chi connectivity index (χ2v) is 4.48. The monoisotopic (exact) mass is 332 g/mol. The van der Waals surface area contributed by atoms with Crippen LogP contribution in [0.3, 0.4) is 0 Å². The van der Waals surface area contributed by atoms with Crippen molar-refractivity contribution in [3.05, 3.63) is 47.1 Å². The third-order valence-corrected chi connectivity index (χ3v) is 2.54. The number of halogens is 4. The SMILES string of the molecule is FC(F)(F)Oc1cccc(Nc2ccc(Br)cn2)c1. The predicted molar refractivity (Wildman–Crippen MR) is 68.3 cm³/mol. The van der Waals surface area contributed by atoms with Gasteiger partial charge in [0, 0.05) is 22.4 Å². The van der Waals surface area contributed by atoms with Crippen LogP contribution in [0.2, 0.25) is 0 Å². The molecule has 0 saturated carbocycles. The fourth-order valence-electron chi connectivity index (χ4n) is 1.37. The number of benzene rings is 1. The van der Waals surface area contributed by atoms with E-state index in [9.17, 15) is 13.2 Å². The van der Waals surface area contributed by atoms with E-state index in [1.54, 1.807) is 24.4 Å². The highest BCUT2D eigenvalue weighted by Crippen LogP contribution is 2.26. The maximum Gasteiger partial charge on any atom is 0.573 e. The number of rotatable bonds is 3. The molecule has 2 aromatic rings. The number of alkyl halides is 3. The molecule has 0 saturated heterocycles. The maximum absolute atomic E-state index is 12.1. The van der Waals surface area contributed by atoms with Crippen LogP contribution in [0.15, 0.2) is 47.1 Å². The standard InChI is InChI=1S/C12H8BrF3N2O/c13-8-4-5-11(17-7-8)18-9-2-1-3-10(6-9)19-12(14,15)16/h1-7H,(H,17,18). The number of nitrogens with one attached hydrogen (secondary N) is 1. The second-order valence-electron chi connectivity index (χ2n) is 3.56. The van der Waals surface area contributed by atoms with E-state index in [-0.39, 0.29) is 5.75 Å². The third-order valence-electron chi connectivity index (χ3n) is 2.07. The lowest BCUT2D eigenvalue weighted by molar-refractivity contribution is -0.274. The van der Waals surface area contributed by atoms with Gasteiger partial charge in [-0.25, -0.2) is 4.98 Å². The summed E-state index contributed by atoms with van der Waals surface area (Å²) in [7, 11) is 0. The quantitative estimate of drug-likeness (QED) is 0.899. The number of nitrogens with zero attached hydrogens (tertiary/aromatic N) is 1. The van der Waals surface area contributed by atoms with Gasteiger partial charge < -0.3 is 10.1 Å². The highest BCUT2D eigenvalue weighted by atomic mass is 79.9. The molecule has 1 aromatic carbocycles. The summed E-state index contributed by atoms with van der Waals surface area (Å²) in [5, 5.41) is 2.88. The Balaban J connectivity index is 2.13. The minimum Gasteiger partial charge on any atom is -0.406 e. The Hall–Kier alpha value is -1.76. The van der Waals surface area contributed by atoms with Gasteiger partial charge in [0.2, 0.25) is 0 Å². The molecular formula is C12H8BrF3N2O. The molecule has 0 aliphatic heterocycles. The Morgan fingerprint density at radius 2 is 1.95 bits per heavy atom. The summed E-state index contributed by atoms with van der Waals surface area (Å²) in [6, 6.07) is 9.02. The molecule has 7 heteroatoms. The summed E-state index contributed by atoms with van der Waals surface area (Å²) in [4.78, 5) is 4.06. The molecule has 0 radical (unpaired) electrons. The van der Waals surface area contributed by atoms with Crippen LogP contribution in [0.4, 0.5) is 24.7 Å². The maximum atomic E-state index is 12.1. The minimum absolute atomic E-state index is 0.283. The first kappa shape index (κ1) is 13.7. The summed E-state index contributed by atoms with van der Waals surface area (Å²) in [6.45, 7) is 0. The average molecular weight is 333 g/mol. The molecule has 0 bridgehead atoms. The van der Waals surface area contributed by atoms with E-state index in [0.29, 0.717) is 11.5 Å². The number of aromatic nitrogens is 1. The van der Waals surface area contributed by atoms with Gasteiger partial charge in [-0.1, -0.05) is 6.07 Å². The molecule has 2 rings (SSSR count). The van der Waals surface area contributed by atoms with Crippen LogP contribution in [-0.2, 0) is 0 Å². The smallest absolute Gasteiger partial charge is 0.406 e. The Kier molecular flexibility index (Phi) is 3.94. The van der Waals surface area contributed by atoms with Crippen molar-refractivity contribution in [2.45, 2.75) is 6.36 Å².